The minimum Gasteiger partial charge on any atom is -0.489 e. The lowest BCUT2D eigenvalue weighted by atomic mass is 10.1. The van der Waals surface area contributed by atoms with E-state index >= 15 is 0 Å². The first-order valence-electron chi connectivity index (χ1n) is 5.70. The molecule has 0 spiro atoms. The second-order valence-corrected chi connectivity index (χ2v) is 5.59. The molecule has 0 amide bonds. The Kier molecular flexibility index (Phi) is 4.31. The molecular weight excluding hydrogens is 312 g/mol. The number of halogens is 2. The van der Waals surface area contributed by atoms with Gasteiger partial charge in [-0.15, -0.1) is 0 Å². The van der Waals surface area contributed by atoms with Gasteiger partial charge in [0.2, 0.25) is 0 Å². The summed E-state index contributed by atoms with van der Waals surface area (Å²) in [7, 11) is 0. The van der Waals surface area contributed by atoms with E-state index in [4.69, 9.17) is 16.3 Å². The molecule has 0 aromatic heterocycles. The Morgan fingerprint density at radius 3 is 2.50 bits per heavy atom. The van der Waals surface area contributed by atoms with Crippen molar-refractivity contribution in [2.75, 3.05) is 0 Å². The molecule has 0 aliphatic heterocycles. The van der Waals surface area contributed by atoms with Crippen LogP contribution in [0.2, 0.25) is 5.02 Å². The maximum absolute atomic E-state index is 6.14. The van der Waals surface area contributed by atoms with E-state index < -0.39 is 0 Å². The Morgan fingerprint density at radius 2 is 1.83 bits per heavy atom. The zero-order valence-corrected chi connectivity index (χ0v) is 12.7. The summed E-state index contributed by atoms with van der Waals surface area (Å²) in [5.41, 5.74) is 3.48. The van der Waals surface area contributed by atoms with Crippen molar-refractivity contribution in [2.24, 2.45) is 0 Å². The smallest absolute Gasteiger partial charge is 0.120 e. The molecule has 0 fully saturated rings. The summed E-state index contributed by atoms with van der Waals surface area (Å²) < 4.78 is 6.72. The van der Waals surface area contributed by atoms with Crippen molar-refractivity contribution < 1.29 is 4.74 Å². The SMILES string of the molecule is Cc1ccc(OCc2ccc(Br)cc2Cl)cc1C. The third-order valence-electron chi connectivity index (χ3n) is 2.89. The Morgan fingerprint density at radius 1 is 1.06 bits per heavy atom. The highest BCUT2D eigenvalue weighted by molar-refractivity contribution is 9.10. The van der Waals surface area contributed by atoms with Crippen molar-refractivity contribution >= 4 is 27.5 Å². The molecule has 0 saturated carbocycles. The summed E-state index contributed by atoms with van der Waals surface area (Å²) in [6, 6.07) is 11.9. The summed E-state index contributed by atoms with van der Waals surface area (Å²) in [4.78, 5) is 0. The first-order valence-corrected chi connectivity index (χ1v) is 6.87. The van der Waals surface area contributed by atoms with Crippen LogP contribution < -0.4 is 4.74 Å². The van der Waals surface area contributed by atoms with E-state index in [0.29, 0.717) is 11.6 Å². The number of hydrogen-bond acceptors (Lipinski definition) is 1. The van der Waals surface area contributed by atoms with Gasteiger partial charge in [0, 0.05) is 15.1 Å². The van der Waals surface area contributed by atoms with E-state index in [1.807, 2.05) is 30.3 Å². The molecule has 0 atom stereocenters. The third kappa shape index (κ3) is 3.27. The summed E-state index contributed by atoms with van der Waals surface area (Å²) in [6.07, 6.45) is 0. The summed E-state index contributed by atoms with van der Waals surface area (Å²) in [6.45, 7) is 4.65. The first-order chi connectivity index (χ1) is 8.56. The number of ether oxygens (including phenoxy) is 1. The van der Waals surface area contributed by atoms with Gasteiger partial charge >= 0.3 is 0 Å². The topological polar surface area (TPSA) is 9.23 Å². The molecule has 2 aromatic rings. The molecule has 0 bridgehead atoms. The van der Waals surface area contributed by atoms with Gasteiger partial charge in [0.25, 0.3) is 0 Å². The van der Waals surface area contributed by atoms with E-state index in [1.54, 1.807) is 0 Å². The third-order valence-corrected chi connectivity index (χ3v) is 3.73. The van der Waals surface area contributed by atoms with Crippen LogP contribution in [0.25, 0.3) is 0 Å². The van der Waals surface area contributed by atoms with E-state index in [0.717, 1.165) is 15.8 Å². The van der Waals surface area contributed by atoms with E-state index in [9.17, 15) is 0 Å². The molecule has 2 rings (SSSR count). The molecular formula is C15H14BrClO. The molecule has 0 N–H and O–H groups in total. The summed E-state index contributed by atoms with van der Waals surface area (Å²) in [5.74, 6) is 0.872. The van der Waals surface area contributed by atoms with Crippen molar-refractivity contribution in [2.45, 2.75) is 20.5 Å². The molecule has 0 radical (unpaired) electrons. The van der Waals surface area contributed by atoms with Gasteiger partial charge in [-0.1, -0.05) is 39.7 Å². The van der Waals surface area contributed by atoms with Gasteiger partial charge in [-0.25, -0.2) is 0 Å². The largest absolute Gasteiger partial charge is 0.489 e. The predicted molar refractivity (Wildman–Crippen MR) is 79.4 cm³/mol. The number of benzene rings is 2. The fourth-order valence-electron chi connectivity index (χ4n) is 1.60. The van der Waals surface area contributed by atoms with Crippen LogP contribution in [0.4, 0.5) is 0 Å². The van der Waals surface area contributed by atoms with Gasteiger partial charge in [-0.05, 0) is 49.2 Å². The van der Waals surface area contributed by atoms with Crippen molar-refractivity contribution in [3.63, 3.8) is 0 Å². The van der Waals surface area contributed by atoms with E-state index in [-0.39, 0.29) is 0 Å². The lowest BCUT2D eigenvalue weighted by Gasteiger charge is -2.09. The van der Waals surface area contributed by atoms with Crippen LogP contribution in [0, 0.1) is 13.8 Å². The van der Waals surface area contributed by atoms with Crippen LogP contribution in [-0.4, -0.2) is 0 Å². The highest BCUT2D eigenvalue weighted by Gasteiger charge is 2.03. The Balaban J connectivity index is 2.09. The Bertz CT molecular complexity index is 566. The van der Waals surface area contributed by atoms with Crippen LogP contribution in [0.15, 0.2) is 40.9 Å². The molecule has 18 heavy (non-hydrogen) atoms. The van der Waals surface area contributed by atoms with Gasteiger partial charge in [-0.2, -0.15) is 0 Å². The molecule has 0 aliphatic rings. The average molecular weight is 326 g/mol. The van der Waals surface area contributed by atoms with Crippen molar-refractivity contribution in [3.8, 4) is 5.75 Å². The highest BCUT2D eigenvalue weighted by Crippen LogP contribution is 2.23. The molecule has 0 heterocycles. The van der Waals surface area contributed by atoms with Crippen LogP contribution in [0.3, 0.4) is 0 Å². The number of hydrogen-bond donors (Lipinski definition) is 0. The summed E-state index contributed by atoms with van der Waals surface area (Å²) >= 11 is 9.53. The molecule has 0 aliphatic carbocycles. The minimum atomic E-state index is 0.481. The Labute approximate surface area is 121 Å². The molecule has 0 saturated heterocycles. The second-order valence-electron chi connectivity index (χ2n) is 4.27. The van der Waals surface area contributed by atoms with Crippen molar-refractivity contribution in [1.82, 2.24) is 0 Å². The minimum absolute atomic E-state index is 0.481. The highest BCUT2D eigenvalue weighted by atomic mass is 79.9. The van der Waals surface area contributed by atoms with Crippen molar-refractivity contribution in [1.29, 1.82) is 0 Å². The first kappa shape index (κ1) is 13.4. The van der Waals surface area contributed by atoms with Crippen LogP contribution in [0.5, 0.6) is 5.75 Å². The Hall–Kier alpha value is -0.990. The van der Waals surface area contributed by atoms with Gasteiger partial charge in [0.15, 0.2) is 0 Å². The normalized spacial score (nSPS) is 10.4. The van der Waals surface area contributed by atoms with Crippen molar-refractivity contribution in [3.05, 3.63) is 62.6 Å². The standard InChI is InChI=1S/C15H14BrClO/c1-10-3-6-14(7-11(10)2)18-9-12-4-5-13(16)8-15(12)17/h3-8H,9H2,1-2H3. The maximum atomic E-state index is 6.14. The van der Waals surface area contributed by atoms with Crippen LogP contribution in [-0.2, 0) is 6.61 Å². The monoisotopic (exact) mass is 324 g/mol. The van der Waals surface area contributed by atoms with Gasteiger partial charge < -0.3 is 4.74 Å². The molecule has 94 valence electrons. The van der Waals surface area contributed by atoms with Gasteiger partial charge in [0.1, 0.15) is 12.4 Å². The average Bonchev–Trinajstić information content (AvgIpc) is 2.32. The van der Waals surface area contributed by atoms with Crippen LogP contribution in [0.1, 0.15) is 16.7 Å². The maximum Gasteiger partial charge on any atom is 0.120 e. The van der Waals surface area contributed by atoms with E-state index in [1.165, 1.54) is 11.1 Å². The zero-order chi connectivity index (χ0) is 13.1. The molecule has 0 unspecified atom stereocenters. The van der Waals surface area contributed by atoms with Gasteiger partial charge in [-0.3, -0.25) is 0 Å². The quantitative estimate of drug-likeness (QED) is 0.744. The molecule has 3 heteroatoms. The predicted octanol–water partition coefficient (Wildman–Crippen LogP) is 5.30. The zero-order valence-electron chi connectivity index (χ0n) is 10.3. The lowest BCUT2D eigenvalue weighted by molar-refractivity contribution is 0.306. The molecule has 2 aromatic carbocycles. The molecule has 1 nitrogen and oxygen atoms in total. The van der Waals surface area contributed by atoms with Crippen LogP contribution >= 0.6 is 27.5 Å². The number of aryl methyl sites for hydroxylation is 2. The van der Waals surface area contributed by atoms with E-state index in [2.05, 4.69) is 35.8 Å². The summed E-state index contributed by atoms with van der Waals surface area (Å²) in [5, 5.41) is 0.716. The fourth-order valence-corrected chi connectivity index (χ4v) is 2.33. The second kappa shape index (κ2) is 5.77. The fraction of sp³-hybridized carbons (Fsp3) is 0.200. The van der Waals surface area contributed by atoms with Gasteiger partial charge in [0.05, 0.1) is 0 Å². The number of rotatable bonds is 3. The lowest BCUT2D eigenvalue weighted by Crippen LogP contribution is -1.97.